The molecule has 29 heavy (non-hydrogen) atoms. The summed E-state index contributed by atoms with van der Waals surface area (Å²) in [5, 5.41) is 13.4. The number of benzene rings is 1. The van der Waals surface area contributed by atoms with Crippen molar-refractivity contribution in [2.45, 2.75) is 56.3 Å². The average Bonchev–Trinajstić information content (AvgIpc) is 2.95. The molecule has 11 heteroatoms. The van der Waals surface area contributed by atoms with Gasteiger partial charge in [0.15, 0.2) is 0 Å². The summed E-state index contributed by atoms with van der Waals surface area (Å²) in [6, 6.07) is 3.54. The van der Waals surface area contributed by atoms with Crippen molar-refractivity contribution in [2.75, 3.05) is 6.54 Å². The van der Waals surface area contributed by atoms with Crippen LogP contribution in [0.3, 0.4) is 0 Å². The number of rotatable bonds is 6. The van der Waals surface area contributed by atoms with Gasteiger partial charge in [-0.15, -0.1) is 0 Å². The van der Waals surface area contributed by atoms with Gasteiger partial charge in [0, 0.05) is 36.6 Å². The summed E-state index contributed by atoms with van der Waals surface area (Å²) in [5.41, 5.74) is -1.75. The summed E-state index contributed by atoms with van der Waals surface area (Å²) in [7, 11) is -2.66. The topological polar surface area (TPSA) is 116 Å². The maximum Gasteiger partial charge on any atom is 0.264 e. The molecule has 1 aromatic rings. The molecule has 0 aromatic heterocycles. The van der Waals surface area contributed by atoms with Crippen molar-refractivity contribution in [3.8, 4) is 0 Å². The van der Waals surface area contributed by atoms with Crippen molar-refractivity contribution in [1.29, 1.82) is 0 Å². The summed E-state index contributed by atoms with van der Waals surface area (Å²) in [4.78, 5) is 26.8. The van der Waals surface area contributed by atoms with Gasteiger partial charge in [-0.25, -0.2) is 17.5 Å². The number of thiol groups is 1. The fourth-order valence-electron chi connectivity index (χ4n) is 3.99. The lowest BCUT2D eigenvalue weighted by atomic mass is 9.90. The van der Waals surface area contributed by atoms with E-state index in [1.807, 2.05) is 0 Å². The van der Waals surface area contributed by atoms with Crippen LogP contribution >= 0.6 is 11.6 Å². The lowest BCUT2D eigenvalue weighted by Crippen LogP contribution is -2.54. The van der Waals surface area contributed by atoms with E-state index < -0.39 is 34.1 Å². The molecule has 1 aromatic carbocycles. The molecule has 1 saturated heterocycles. The Hall–Kier alpha value is -1.75. The van der Waals surface area contributed by atoms with Gasteiger partial charge in [0.1, 0.15) is 5.82 Å². The Kier molecular flexibility index (Phi) is 6.77. The van der Waals surface area contributed by atoms with E-state index in [0.29, 0.717) is 31.2 Å². The zero-order valence-corrected chi connectivity index (χ0v) is 17.2. The molecular formula is C18H23ClFN3O5S. The number of halogens is 2. The van der Waals surface area contributed by atoms with E-state index in [1.54, 1.807) is 0 Å². The third-order valence-electron chi connectivity index (χ3n) is 5.51. The van der Waals surface area contributed by atoms with E-state index in [1.165, 1.54) is 17.0 Å². The number of carbonyl (C=O) groups is 2. The second kappa shape index (κ2) is 8.95. The fraction of sp³-hybridized carbons (Fsp3) is 0.556. The first-order valence-corrected chi connectivity index (χ1v) is 10.9. The van der Waals surface area contributed by atoms with E-state index in [9.17, 15) is 27.5 Å². The number of aliphatic hydroxyl groups is 1. The molecule has 1 saturated carbocycles. The predicted molar refractivity (Wildman–Crippen MR) is 104 cm³/mol. The summed E-state index contributed by atoms with van der Waals surface area (Å²) < 4.78 is 37.4. The molecule has 3 N–H and O–H groups in total. The second-order valence-corrected chi connectivity index (χ2v) is 8.67. The van der Waals surface area contributed by atoms with Crippen LogP contribution in [0.25, 0.3) is 0 Å². The quantitative estimate of drug-likeness (QED) is 0.374. The normalized spacial score (nSPS) is 27.4. The Morgan fingerprint density at radius 3 is 2.59 bits per heavy atom. The molecule has 0 spiro atoms. The molecule has 8 nitrogen and oxygen atoms in total. The first kappa shape index (κ1) is 21.9. The Bertz CT molecular complexity index is 847. The van der Waals surface area contributed by atoms with Crippen molar-refractivity contribution in [3.05, 3.63) is 34.6 Å². The molecule has 160 valence electrons. The minimum Gasteiger partial charge on any atom is -0.372 e. The van der Waals surface area contributed by atoms with Crippen molar-refractivity contribution in [2.24, 2.45) is 0 Å². The van der Waals surface area contributed by atoms with Crippen LogP contribution in [0.15, 0.2) is 18.2 Å². The number of amides is 2. The maximum atomic E-state index is 13.4. The van der Waals surface area contributed by atoms with Gasteiger partial charge in [0.05, 0.1) is 0 Å². The van der Waals surface area contributed by atoms with Crippen LogP contribution < -0.4 is 10.0 Å². The average molecular weight is 448 g/mol. The molecular weight excluding hydrogens is 425 g/mol. The number of nitrogens with one attached hydrogen (secondary N) is 2. The van der Waals surface area contributed by atoms with Gasteiger partial charge in [-0.3, -0.25) is 9.59 Å². The summed E-state index contributed by atoms with van der Waals surface area (Å²) >= 11 is 5.79. The molecule has 1 aliphatic heterocycles. The second-order valence-electron chi connectivity index (χ2n) is 7.46. The number of carbonyl (C=O) groups excluding carboxylic acids is 2. The van der Waals surface area contributed by atoms with Crippen LogP contribution in [0.4, 0.5) is 4.39 Å². The lowest BCUT2D eigenvalue weighted by Gasteiger charge is -2.34. The minimum absolute atomic E-state index is 0.0355. The van der Waals surface area contributed by atoms with Crippen molar-refractivity contribution in [3.63, 3.8) is 0 Å². The third kappa shape index (κ3) is 5.06. The van der Waals surface area contributed by atoms with Crippen molar-refractivity contribution < 1.29 is 27.5 Å². The molecule has 2 amide bonds. The first-order valence-electron chi connectivity index (χ1n) is 9.36. The van der Waals surface area contributed by atoms with E-state index in [4.69, 9.17) is 11.6 Å². The molecule has 1 unspecified atom stereocenters. The first-order chi connectivity index (χ1) is 13.7. The number of nitrogens with zero attached hydrogens (tertiary/aromatic N) is 1. The zero-order chi connectivity index (χ0) is 21.2. The Balaban J connectivity index is 1.58. The van der Waals surface area contributed by atoms with Crippen LogP contribution in [0.2, 0.25) is 5.02 Å². The van der Waals surface area contributed by atoms with Gasteiger partial charge in [0.25, 0.3) is 11.8 Å². The monoisotopic (exact) mass is 447 g/mol. The van der Waals surface area contributed by atoms with Crippen LogP contribution in [0.1, 0.15) is 37.7 Å². The number of likely N-dealkylation sites (tertiary alicyclic amines) is 1. The lowest BCUT2D eigenvalue weighted by molar-refractivity contribution is -0.155. The van der Waals surface area contributed by atoms with E-state index in [0.717, 1.165) is 6.07 Å². The molecule has 0 radical (unpaired) electrons. The Morgan fingerprint density at radius 1 is 1.28 bits per heavy atom. The van der Waals surface area contributed by atoms with Crippen LogP contribution in [-0.4, -0.2) is 54.5 Å². The van der Waals surface area contributed by atoms with Gasteiger partial charge >= 0.3 is 0 Å². The standard InChI is InChI=1S/C18H23ClFN3O5S/c19-12-7-11(8-13(20)9-12)10-21-16(24)18(26)5-6-23(17(18)25)15-3-1-14(2-4-15)22-29(27)28/h7-9,14-15,26,29H,1-6,10H2,(H,21,24)(H,22,27,28)/t14-,15-,18?. The molecule has 3 rings (SSSR count). The molecule has 2 aliphatic rings. The molecule has 1 atom stereocenters. The molecule has 0 bridgehead atoms. The van der Waals surface area contributed by atoms with Gasteiger partial charge in [-0.2, -0.15) is 0 Å². The van der Waals surface area contributed by atoms with Crippen molar-refractivity contribution >= 4 is 34.3 Å². The van der Waals surface area contributed by atoms with Gasteiger partial charge in [0.2, 0.25) is 16.5 Å². The fourth-order valence-corrected chi connectivity index (χ4v) is 4.80. The van der Waals surface area contributed by atoms with Gasteiger partial charge in [-0.1, -0.05) is 11.6 Å². The molecule has 2 fully saturated rings. The van der Waals surface area contributed by atoms with E-state index in [2.05, 4.69) is 10.0 Å². The minimum atomic E-state index is -2.66. The highest BCUT2D eigenvalue weighted by Gasteiger charge is 2.52. The zero-order valence-electron chi connectivity index (χ0n) is 15.6. The third-order valence-corrected chi connectivity index (χ3v) is 6.30. The van der Waals surface area contributed by atoms with E-state index in [-0.39, 0.29) is 36.6 Å². The van der Waals surface area contributed by atoms with Gasteiger partial charge in [-0.05, 0) is 49.4 Å². The van der Waals surface area contributed by atoms with E-state index >= 15 is 0 Å². The summed E-state index contributed by atoms with van der Waals surface area (Å²) in [5.74, 6) is -2.03. The number of hydrogen-bond donors (Lipinski definition) is 4. The maximum absolute atomic E-state index is 13.4. The highest BCUT2D eigenvalue weighted by atomic mass is 35.5. The highest BCUT2D eigenvalue weighted by molar-refractivity contribution is 7.70. The smallest absolute Gasteiger partial charge is 0.264 e. The Morgan fingerprint density at radius 2 is 1.97 bits per heavy atom. The van der Waals surface area contributed by atoms with Crippen LogP contribution in [0, 0.1) is 5.82 Å². The Labute approximate surface area is 174 Å². The van der Waals surface area contributed by atoms with Crippen LogP contribution in [0.5, 0.6) is 0 Å². The molecule has 1 aliphatic carbocycles. The SMILES string of the molecule is O=C(NCc1cc(F)cc(Cl)c1)C1(O)CCN([C@H]2CC[C@H](N[SH](=O)=O)CC2)C1=O. The summed E-state index contributed by atoms with van der Waals surface area (Å²) in [6.45, 7) is 0.170. The summed E-state index contributed by atoms with van der Waals surface area (Å²) in [6.07, 6.45) is 2.32. The van der Waals surface area contributed by atoms with Crippen molar-refractivity contribution in [1.82, 2.24) is 14.9 Å². The molecule has 1 heterocycles. The highest BCUT2D eigenvalue weighted by Crippen LogP contribution is 2.31. The number of hydrogen-bond acceptors (Lipinski definition) is 5. The van der Waals surface area contributed by atoms with Crippen LogP contribution in [-0.2, 0) is 27.0 Å². The predicted octanol–water partition coefficient (Wildman–Crippen LogP) is 0.486. The van der Waals surface area contributed by atoms with Gasteiger partial charge < -0.3 is 15.3 Å². The largest absolute Gasteiger partial charge is 0.372 e.